The van der Waals surface area contributed by atoms with E-state index < -0.39 is 6.36 Å². The van der Waals surface area contributed by atoms with Crippen molar-refractivity contribution >= 4 is 11.2 Å². The first-order valence-electron chi connectivity index (χ1n) is 10.1. The highest BCUT2D eigenvalue weighted by Crippen LogP contribution is 2.34. The lowest BCUT2D eigenvalue weighted by Gasteiger charge is -2.21. The summed E-state index contributed by atoms with van der Waals surface area (Å²) in [6, 6.07) is 10.2. The maximum atomic E-state index is 12.7. The molecule has 3 aromatic rings. The van der Waals surface area contributed by atoms with Crippen molar-refractivity contribution in [2.24, 2.45) is 5.92 Å². The Balaban J connectivity index is 1.76. The van der Waals surface area contributed by atoms with Crippen LogP contribution in [0.25, 0.3) is 11.2 Å². The van der Waals surface area contributed by atoms with Gasteiger partial charge in [0.15, 0.2) is 0 Å². The number of hydrogen-bond acceptors (Lipinski definition) is 2. The van der Waals surface area contributed by atoms with E-state index in [9.17, 15) is 13.2 Å². The third-order valence-electron chi connectivity index (χ3n) is 5.72. The Kier molecular flexibility index (Phi) is 5.48. The second-order valence-electron chi connectivity index (χ2n) is 7.81. The molecule has 2 atom stereocenters. The lowest BCUT2D eigenvalue weighted by atomic mass is 9.87. The fraction of sp³-hybridized carbons (Fsp3) is 0.240. The van der Waals surface area contributed by atoms with Gasteiger partial charge in [-0.3, -0.25) is 0 Å². The number of pyridine rings is 1. The van der Waals surface area contributed by atoms with Gasteiger partial charge in [-0.15, -0.1) is 13.2 Å². The minimum Gasteiger partial charge on any atom is -0.406 e. The Morgan fingerprint density at radius 1 is 1.26 bits per heavy atom. The van der Waals surface area contributed by atoms with Gasteiger partial charge in [-0.1, -0.05) is 50.8 Å². The van der Waals surface area contributed by atoms with E-state index in [1.54, 1.807) is 18.3 Å². The standard InChI is InChI=1S/C25H23F3N2O/c1-4-18-12-20(9-8-16(18)2)21-14-23(30-11-10-29-24(30)15-21)17(3)19-6-5-7-22(13-19)31-25(26,27)28/h4-7,9-17H,1,8H2,2-3H3. The van der Waals surface area contributed by atoms with Crippen LogP contribution in [0.1, 0.15) is 43.0 Å². The summed E-state index contributed by atoms with van der Waals surface area (Å²) >= 11 is 0. The van der Waals surface area contributed by atoms with Crippen molar-refractivity contribution in [1.82, 2.24) is 9.38 Å². The number of imidazole rings is 1. The Bertz CT molecular complexity index is 1190. The number of halogens is 3. The van der Waals surface area contributed by atoms with Crippen molar-refractivity contribution in [2.45, 2.75) is 32.5 Å². The van der Waals surface area contributed by atoms with Crippen LogP contribution in [-0.4, -0.2) is 15.7 Å². The summed E-state index contributed by atoms with van der Waals surface area (Å²) in [5.74, 6) is 0.0167. The molecule has 3 nitrogen and oxygen atoms in total. The number of hydrogen-bond donors (Lipinski definition) is 0. The van der Waals surface area contributed by atoms with Crippen molar-refractivity contribution < 1.29 is 17.9 Å². The summed E-state index contributed by atoms with van der Waals surface area (Å²) in [5, 5.41) is 0. The number of benzene rings is 1. The maximum absolute atomic E-state index is 12.7. The van der Waals surface area contributed by atoms with Crippen molar-refractivity contribution in [3.05, 3.63) is 96.0 Å². The van der Waals surface area contributed by atoms with E-state index in [0.29, 0.717) is 5.92 Å². The molecule has 0 bridgehead atoms. The molecule has 0 spiro atoms. The zero-order chi connectivity index (χ0) is 22.2. The van der Waals surface area contributed by atoms with E-state index in [-0.39, 0.29) is 11.7 Å². The van der Waals surface area contributed by atoms with Gasteiger partial charge in [-0.2, -0.15) is 0 Å². The lowest BCUT2D eigenvalue weighted by molar-refractivity contribution is -0.274. The maximum Gasteiger partial charge on any atom is 0.573 e. The van der Waals surface area contributed by atoms with E-state index in [2.05, 4.69) is 41.4 Å². The van der Waals surface area contributed by atoms with Gasteiger partial charge in [0.05, 0.1) is 0 Å². The zero-order valence-electron chi connectivity index (χ0n) is 17.4. The average molecular weight is 424 g/mol. The van der Waals surface area contributed by atoms with E-state index in [1.165, 1.54) is 17.7 Å². The second-order valence-corrected chi connectivity index (χ2v) is 7.81. The van der Waals surface area contributed by atoms with Crippen LogP contribution in [0.3, 0.4) is 0 Å². The molecular weight excluding hydrogens is 401 g/mol. The molecule has 1 aromatic carbocycles. The van der Waals surface area contributed by atoms with E-state index in [1.807, 2.05) is 29.7 Å². The third-order valence-corrected chi connectivity index (χ3v) is 5.72. The number of allylic oxidation sites excluding steroid dienone is 5. The predicted octanol–water partition coefficient (Wildman–Crippen LogP) is 6.92. The molecule has 31 heavy (non-hydrogen) atoms. The first-order chi connectivity index (χ1) is 14.7. The highest BCUT2D eigenvalue weighted by molar-refractivity contribution is 5.78. The Labute approximate surface area is 179 Å². The van der Waals surface area contributed by atoms with Gasteiger partial charge in [0.25, 0.3) is 0 Å². The number of ether oxygens (including phenoxy) is 1. The largest absolute Gasteiger partial charge is 0.573 e. The van der Waals surface area contributed by atoms with E-state index >= 15 is 0 Å². The SMILES string of the molecule is C=CC1=CC(c2cc(C(C)c3cccc(OC(F)(F)F)c3)n3ccnc3c2)=CCC1C. The molecule has 1 aliphatic rings. The molecule has 4 rings (SSSR count). The van der Waals surface area contributed by atoms with Gasteiger partial charge in [-0.05, 0) is 58.9 Å². The van der Waals surface area contributed by atoms with Gasteiger partial charge >= 0.3 is 6.36 Å². The fourth-order valence-corrected chi connectivity index (χ4v) is 3.98. The van der Waals surface area contributed by atoms with Crippen LogP contribution in [0.2, 0.25) is 0 Å². The normalized spacial score (nSPS) is 17.8. The summed E-state index contributed by atoms with van der Waals surface area (Å²) in [5.41, 5.74) is 5.75. The minimum absolute atomic E-state index is 0.181. The molecule has 0 saturated heterocycles. The summed E-state index contributed by atoms with van der Waals surface area (Å²) < 4.78 is 44.0. The van der Waals surface area contributed by atoms with E-state index in [4.69, 9.17) is 0 Å². The quantitative estimate of drug-likeness (QED) is 0.444. The monoisotopic (exact) mass is 424 g/mol. The molecule has 0 N–H and O–H groups in total. The fourth-order valence-electron chi connectivity index (χ4n) is 3.98. The van der Waals surface area contributed by atoms with Crippen molar-refractivity contribution in [3.8, 4) is 5.75 Å². The van der Waals surface area contributed by atoms with Crippen LogP contribution in [0.15, 0.2) is 79.2 Å². The molecular formula is C25H23F3N2O. The zero-order valence-corrected chi connectivity index (χ0v) is 17.4. The van der Waals surface area contributed by atoms with Gasteiger partial charge in [0.1, 0.15) is 11.4 Å². The molecule has 0 saturated carbocycles. The molecule has 1 aliphatic carbocycles. The van der Waals surface area contributed by atoms with Crippen molar-refractivity contribution in [1.29, 1.82) is 0 Å². The molecule has 0 amide bonds. The highest BCUT2D eigenvalue weighted by Gasteiger charge is 2.31. The molecule has 160 valence electrons. The molecule has 0 radical (unpaired) electrons. The first-order valence-corrected chi connectivity index (χ1v) is 10.1. The van der Waals surface area contributed by atoms with Crippen molar-refractivity contribution in [3.63, 3.8) is 0 Å². The molecule has 2 unspecified atom stereocenters. The molecule has 0 aliphatic heterocycles. The van der Waals surface area contributed by atoms with Gasteiger partial charge in [0, 0.05) is 24.0 Å². The average Bonchev–Trinajstić information content (AvgIpc) is 3.20. The van der Waals surface area contributed by atoms with Crippen LogP contribution in [-0.2, 0) is 0 Å². The summed E-state index contributed by atoms with van der Waals surface area (Å²) in [7, 11) is 0. The smallest absolute Gasteiger partial charge is 0.406 e. The number of fused-ring (bicyclic) bond motifs is 1. The van der Waals surface area contributed by atoms with E-state index in [0.717, 1.165) is 34.5 Å². The first kappa shape index (κ1) is 21.0. The molecule has 0 fully saturated rings. The number of rotatable bonds is 5. The van der Waals surface area contributed by atoms with Crippen LogP contribution >= 0.6 is 0 Å². The van der Waals surface area contributed by atoms with Gasteiger partial charge in [-0.25, -0.2) is 4.98 Å². The predicted molar refractivity (Wildman–Crippen MR) is 116 cm³/mol. The van der Waals surface area contributed by atoms with Gasteiger partial charge < -0.3 is 9.14 Å². The van der Waals surface area contributed by atoms with Crippen LogP contribution < -0.4 is 4.74 Å². The molecule has 6 heteroatoms. The number of aromatic nitrogens is 2. The number of alkyl halides is 3. The third kappa shape index (κ3) is 4.43. The van der Waals surface area contributed by atoms with Crippen molar-refractivity contribution in [2.75, 3.05) is 0 Å². The van der Waals surface area contributed by atoms with Gasteiger partial charge in [0.2, 0.25) is 0 Å². The Morgan fingerprint density at radius 2 is 2.06 bits per heavy atom. The second kappa shape index (κ2) is 8.10. The minimum atomic E-state index is -4.72. The van der Waals surface area contributed by atoms with Crippen LogP contribution in [0.4, 0.5) is 13.2 Å². The lowest BCUT2D eigenvalue weighted by Crippen LogP contribution is -2.17. The topological polar surface area (TPSA) is 26.5 Å². The highest BCUT2D eigenvalue weighted by atomic mass is 19.4. The Morgan fingerprint density at radius 3 is 2.81 bits per heavy atom. The molecule has 2 heterocycles. The molecule has 2 aromatic heterocycles. The van der Waals surface area contributed by atoms with Crippen LogP contribution in [0, 0.1) is 5.92 Å². The Hall–Kier alpha value is -3.28. The number of nitrogens with zero attached hydrogens (tertiary/aromatic N) is 2. The van der Waals surface area contributed by atoms with Crippen LogP contribution in [0.5, 0.6) is 5.75 Å². The summed E-state index contributed by atoms with van der Waals surface area (Å²) in [6.45, 7) is 8.05. The summed E-state index contributed by atoms with van der Waals surface area (Å²) in [6.07, 6.45) is 6.03. The summed E-state index contributed by atoms with van der Waals surface area (Å²) in [4.78, 5) is 4.45.